The van der Waals surface area contributed by atoms with Crippen LogP contribution in [0.25, 0.3) is 0 Å². The number of rotatable bonds is 8. The monoisotopic (exact) mass is 436 g/mol. The van der Waals surface area contributed by atoms with Gasteiger partial charge in [0.2, 0.25) is 23.6 Å². The lowest BCUT2D eigenvalue weighted by molar-refractivity contribution is -0.121. The molecule has 4 amide bonds. The maximum atomic E-state index is 11.4. The van der Waals surface area contributed by atoms with Gasteiger partial charge in [-0.2, -0.15) is 0 Å². The van der Waals surface area contributed by atoms with Crippen LogP contribution >= 0.6 is 0 Å². The van der Waals surface area contributed by atoms with Crippen LogP contribution < -0.4 is 22.9 Å². The second-order valence-electron chi connectivity index (χ2n) is 6.97. The molecule has 0 atom stereocenters. The molecule has 0 bridgehead atoms. The van der Waals surface area contributed by atoms with Crippen molar-refractivity contribution in [3.63, 3.8) is 0 Å². The lowest BCUT2D eigenvalue weighted by Gasteiger charge is -2.33. The molecule has 0 aromatic heterocycles. The van der Waals surface area contributed by atoms with Crippen LogP contribution in [-0.4, -0.2) is 133 Å². The highest BCUT2D eigenvalue weighted by Gasteiger charge is 2.19. The summed E-state index contributed by atoms with van der Waals surface area (Å²) in [6.07, 6.45) is 0. The average Bonchev–Trinajstić information content (AvgIpc) is 2.55. The third-order valence-corrected chi connectivity index (χ3v) is 4.45. The van der Waals surface area contributed by atoms with Crippen molar-refractivity contribution in [3.05, 3.63) is 0 Å². The van der Waals surface area contributed by atoms with Crippen molar-refractivity contribution in [2.24, 2.45) is 22.9 Å². The largest absolute Gasteiger partial charge is 0.412 e. The Hall–Kier alpha value is -2.36. The van der Waals surface area contributed by atoms with E-state index in [2.05, 4.69) is 0 Å². The van der Waals surface area contributed by atoms with Gasteiger partial charge in [0.1, 0.15) is 0 Å². The van der Waals surface area contributed by atoms with Crippen LogP contribution in [0.2, 0.25) is 0 Å². The molecule has 1 heterocycles. The minimum Gasteiger partial charge on any atom is -0.412 e. The number of primary amides is 4. The van der Waals surface area contributed by atoms with Crippen LogP contribution in [0.5, 0.6) is 0 Å². The normalized spacial score (nSPS) is 18.1. The molecular weight excluding hydrogens is 400 g/mol. The third-order valence-electron chi connectivity index (χ3n) is 4.45. The second-order valence-corrected chi connectivity index (χ2v) is 6.97. The number of hydrogen-bond acceptors (Lipinski definition) is 8. The van der Waals surface area contributed by atoms with Crippen molar-refractivity contribution in [2.45, 2.75) is 0 Å². The first-order valence-electron chi connectivity index (χ1n) is 9.18. The molecule has 0 unspecified atom stereocenters. The molecule has 14 heteroatoms. The van der Waals surface area contributed by atoms with Gasteiger partial charge >= 0.3 is 0 Å². The predicted octanol–water partition coefficient (Wildman–Crippen LogP) is -6.50. The molecule has 1 fully saturated rings. The Morgan fingerprint density at radius 2 is 0.567 bits per heavy atom. The van der Waals surface area contributed by atoms with E-state index >= 15 is 0 Å². The molecule has 0 radical (unpaired) electrons. The number of carbonyl (C=O) groups excluding carboxylic acids is 4. The van der Waals surface area contributed by atoms with Gasteiger partial charge in [0, 0.05) is 52.4 Å². The summed E-state index contributed by atoms with van der Waals surface area (Å²) < 4.78 is 0. The molecular formula is C16H36N8O6. The Kier molecular flexibility index (Phi) is 15.4. The summed E-state index contributed by atoms with van der Waals surface area (Å²) in [7, 11) is 0. The number of amides is 4. The Morgan fingerprint density at radius 3 is 0.667 bits per heavy atom. The topological polar surface area (TPSA) is 248 Å². The van der Waals surface area contributed by atoms with Crippen LogP contribution in [0.15, 0.2) is 0 Å². The fraction of sp³-hybridized carbons (Fsp3) is 0.750. The standard InChI is InChI=1S/C16H32N8O4.2H2O/c17-13(25)9-21-1-2-22(10-14(18)26)5-6-24(12-16(20)28)8-7-23(4-3-21)11-15(19)27;;/h1-12H2,(H2,17,25)(H2,18,26)(H2,19,27)(H2,20,28);2*1H2. The van der Waals surface area contributed by atoms with E-state index in [1.165, 1.54) is 0 Å². The fourth-order valence-corrected chi connectivity index (χ4v) is 3.09. The average molecular weight is 437 g/mol. The van der Waals surface area contributed by atoms with Crippen molar-refractivity contribution in [1.29, 1.82) is 0 Å². The molecule has 176 valence electrons. The van der Waals surface area contributed by atoms with Crippen LogP contribution in [0.1, 0.15) is 0 Å². The first-order chi connectivity index (χ1) is 13.2. The maximum absolute atomic E-state index is 11.4. The zero-order chi connectivity index (χ0) is 21.1. The second kappa shape index (κ2) is 15.5. The van der Waals surface area contributed by atoms with Gasteiger partial charge in [-0.1, -0.05) is 0 Å². The van der Waals surface area contributed by atoms with E-state index in [1.807, 2.05) is 19.6 Å². The van der Waals surface area contributed by atoms with Crippen LogP contribution in [-0.2, 0) is 19.2 Å². The quantitative estimate of drug-likeness (QED) is 0.284. The summed E-state index contributed by atoms with van der Waals surface area (Å²) in [5, 5.41) is 0. The molecule has 1 aliphatic heterocycles. The number of carbonyl (C=O) groups is 4. The highest BCUT2D eigenvalue weighted by atomic mass is 16.2. The summed E-state index contributed by atoms with van der Waals surface area (Å²) in [5.41, 5.74) is 21.3. The van der Waals surface area contributed by atoms with Crippen LogP contribution in [0, 0.1) is 0 Å². The van der Waals surface area contributed by atoms with Crippen molar-refractivity contribution in [3.8, 4) is 0 Å². The first kappa shape index (κ1) is 29.8. The smallest absolute Gasteiger partial charge is 0.231 e. The minimum atomic E-state index is -0.456. The van der Waals surface area contributed by atoms with Crippen molar-refractivity contribution in [1.82, 2.24) is 19.6 Å². The minimum absolute atomic E-state index is 0. The highest BCUT2D eigenvalue weighted by molar-refractivity contribution is 5.77. The van der Waals surface area contributed by atoms with E-state index in [1.54, 1.807) is 0 Å². The summed E-state index contributed by atoms with van der Waals surface area (Å²) in [5.74, 6) is -1.82. The Labute approximate surface area is 175 Å². The van der Waals surface area contributed by atoms with E-state index < -0.39 is 23.6 Å². The summed E-state index contributed by atoms with van der Waals surface area (Å²) in [6.45, 7) is 4.26. The van der Waals surface area contributed by atoms with Gasteiger partial charge in [-0.15, -0.1) is 0 Å². The molecule has 1 rings (SSSR count). The van der Waals surface area contributed by atoms with Gasteiger partial charge in [-0.3, -0.25) is 38.8 Å². The molecule has 0 aromatic rings. The number of hydrogen-bond donors (Lipinski definition) is 4. The van der Waals surface area contributed by atoms with E-state index in [0.29, 0.717) is 52.4 Å². The molecule has 0 spiro atoms. The molecule has 1 aliphatic rings. The summed E-state index contributed by atoms with van der Waals surface area (Å²) in [6, 6.07) is 0. The van der Waals surface area contributed by atoms with Crippen molar-refractivity contribution >= 4 is 23.6 Å². The summed E-state index contributed by atoms with van der Waals surface area (Å²) in [4.78, 5) is 52.9. The molecule has 14 nitrogen and oxygen atoms in total. The lowest BCUT2D eigenvalue weighted by Crippen LogP contribution is -2.50. The zero-order valence-corrected chi connectivity index (χ0v) is 17.2. The van der Waals surface area contributed by atoms with E-state index in [-0.39, 0.29) is 37.1 Å². The molecule has 1 saturated heterocycles. The van der Waals surface area contributed by atoms with E-state index in [0.717, 1.165) is 0 Å². The first-order valence-corrected chi connectivity index (χ1v) is 9.18. The molecule has 30 heavy (non-hydrogen) atoms. The van der Waals surface area contributed by atoms with Crippen molar-refractivity contribution in [2.75, 3.05) is 78.5 Å². The predicted molar refractivity (Wildman–Crippen MR) is 110 cm³/mol. The summed E-state index contributed by atoms with van der Waals surface area (Å²) >= 11 is 0. The van der Waals surface area contributed by atoms with Crippen LogP contribution in [0.4, 0.5) is 0 Å². The van der Waals surface area contributed by atoms with Gasteiger partial charge in [0.25, 0.3) is 0 Å². The Morgan fingerprint density at radius 1 is 0.433 bits per heavy atom. The van der Waals surface area contributed by atoms with Gasteiger partial charge in [0.15, 0.2) is 0 Å². The van der Waals surface area contributed by atoms with Gasteiger partial charge < -0.3 is 33.9 Å². The zero-order valence-electron chi connectivity index (χ0n) is 17.2. The SMILES string of the molecule is NC(=O)CN1CCN(CC(N)=O)CCN(CC(N)=O)CCN(CC(N)=O)CC1.O.O. The number of nitrogens with two attached hydrogens (primary N) is 4. The third kappa shape index (κ3) is 13.8. The molecule has 12 N–H and O–H groups in total. The van der Waals surface area contributed by atoms with Crippen LogP contribution in [0.3, 0.4) is 0 Å². The lowest BCUT2D eigenvalue weighted by atomic mass is 10.3. The number of nitrogens with zero attached hydrogens (tertiary/aromatic N) is 4. The Balaban J connectivity index is 0. The fourth-order valence-electron chi connectivity index (χ4n) is 3.09. The Bertz CT molecular complexity index is 452. The molecule has 0 aromatic carbocycles. The van der Waals surface area contributed by atoms with Gasteiger partial charge in [-0.25, -0.2) is 0 Å². The van der Waals surface area contributed by atoms with E-state index in [9.17, 15) is 19.2 Å². The molecule has 0 aliphatic carbocycles. The maximum Gasteiger partial charge on any atom is 0.231 e. The molecule has 0 saturated carbocycles. The van der Waals surface area contributed by atoms with Gasteiger partial charge in [0.05, 0.1) is 26.2 Å². The van der Waals surface area contributed by atoms with Gasteiger partial charge in [-0.05, 0) is 0 Å². The van der Waals surface area contributed by atoms with E-state index in [4.69, 9.17) is 22.9 Å². The van der Waals surface area contributed by atoms with Crippen molar-refractivity contribution < 1.29 is 30.1 Å². The highest BCUT2D eigenvalue weighted by Crippen LogP contribution is 2.00.